The number of carbonyl (C=O) groups excluding carboxylic acids is 2. The van der Waals surface area contributed by atoms with Gasteiger partial charge in [-0.05, 0) is 41.5 Å². The van der Waals surface area contributed by atoms with Gasteiger partial charge in [0.1, 0.15) is 11.6 Å². The Bertz CT molecular complexity index is 1180. The number of methoxy groups -OCH3 is 1. The number of hydrogen-bond acceptors (Lipinski definition) is 4. The molecule has 1 aromatic heterocycles. The van der Waals surface area contributed by atoms with Crippen molar-refractivity contribution in [1.82, 2.24) is 14.8 Å². The van der Waals surface area contributed by atoms with Crippen LogP contribution in [0.3, 0.4) is 0 Å². The number of halogens is 1. The first kappa shape index (κ1) is 20.2. The first-order valence-corrected chi connectivity index (χ1v) is 10.5. The Morgan fingerprint density at radius 3 is 2.41 bits per heavy atom. The van der Waals surface area contributed by atoms with Crippen LogP contribution in [0.4, 0.5) is 4.39 Å². The second-order valence-corrected chi connectivity index (χ2v) is 8.12. The zero-order valence-corrected chi connectivity index (χ0v) is 17.6. The van der Waals surface area contributed by atoms with Crippen molar-refractivity contribution in [1.29, 1.82) is 0 Å². The Balaban J connectivity index is 1.50. The lowest BCUT2D eigenvalue weighted by Gasteiger charge is -2.34. The normalized spacial score (nSPS) is 19.7. The zero-order valence-electron chi connectivity index (χ0n) is 17.6. The molecule has 1 saturated heterocycles. The van der Waals surface area contributed by atoms with Crippen LogP contribution < -0.4 is 4.74 Å². The van der Waals surface area contributed by atoms with Crippen LogP contribution in [-0.2, 0) is 23.4 Å². The topological polar surface area (TPSA) is 62.7 Å². The average Bonchev–Trinajstić information content (AvgIpc) is 3.27. The minimum atomic E-state index is -1.08. The van der Waals surface area contributed by atoms with Crippen LogP contribution in [0.15, 0.2) is 67.0 Å². The summed E-state index contributed by atoms with van der Waals surface area (Å²) in [5, 5.41) is 0. The number of ether oxygens (including phenoxy) is 1. The molecule has 3 aromatic rings. The van der Waals surface area contributed by atoms with E-state index in [-0.39, 0.29) is 17.6 Å². The van der Waals surface area contributed by atoms with Crippen molar-refractivity contribution in [2.24, 2.45) is 0 Å². The number of hydrogen-bond donors (Lipinski definition) is 0. The minimum absolute atomic E-state index is 0.129. The van der Waals surface area contributed by atoms with E-state index in [4.69, 9.17) is 4.74 Å². The fraction of sp³-hybridized carbons (Fsp3) is 0.240. The molecule has 3 heterocycles. The lowest BCUT2D eigenvalue weighted by atomic mass is 9.89. The van der Waals surface area contributed by atoms with Gasteiger partial charge in [0, 0.05) is 49.6 Å². The standard InChI is InChI=1S/C25H22FN3O3/c1-32-20-8-4-18(5-9-20)16-29-23(30)21-10-12-27-14-22(21)25(29)11-13-28(24(25)31)15-17-2-6-19(26)7-3-17/h2-10,12,14H,11,13,15-16H2,1H3/t25-/m1/s1. The molecular formula is C25H22FN3O3. The first-order valence-electron chi connectivity index (χ1n) is 10.5. The molecule has 2 aromatic carbocycles. The molecule has 2 aliphatic rings. The summed E-state index contributed by atoms with van der Waals surface area (Å²) in [6, 6.07) is 15.3. The largest absolute Gasteiger partial charge is 0.497 e. The molecule has 1 spiro atoms. The van der Waals surface area contributed by atoms with E-state index in [1.165, 1.54) is 12.1 Å². The highest BCUT2D eigenvalue weighted by atomic mass is 19.1. The molecule has 1 fully saturated rings. The molecule has 0 saturated carbocycles. The van der Waals surface area contributed by atoms with Crippen molar-refractivity contribution in [3.63, 3.8) is 0 Å². The van der Waals surface area contributed by atoms with Crippen molar-refractivity contribution < 1.29 is 18.7 Å². The number of nitrogens with zero attached hydrogens (tertiary/aromatic N) is 3. The molecule has 162 valence electrons. The number of likely N-dealkylation sites (tertiary alicyclic amines) is 1. The number of benzene rings is 2. The summed E-state index contributed by atoms with van der Waals surface area (Å²) in [5.74, 6) is 0.113. The van der Waals surface area contributed by atoms with Crippen LogP contribution >= 0.6 is 0 Å². The molecule has 0 N–H and O–H groups in total. The molecule has 32 heavy (non-hydrogen) atoms. The third-order valence-electron chi connectivity index (χ3n) is 6.37. The van der Waals surface area contributed by atoms with Crippen LogP contribution in [0, 0.1) is 5.82 Å². The maximum atomic E-state index is 13.8. The Morgan fingerprint density at radius 2 is 1.69 bits per heavy atom. The quantitative estimate of drug-likeness (QED) is 0.620. The van der Waals surface area contributed by atoms with Gasteiger partial charge in [-0.2, -0.15) is 0 Å². The molecule has 0 bridgehead atoms. The number of amides is 2. The van der Waals surface area contributed by atoms with Crippen LogP contribution in [-0.4, -0.2) is 40.3 Å². The molecule has 2 amide bonds. The predicted molar refractivity (Wildman–Crippen MR) is 115 cm³/mol. The van der Waals surface area contributed by atoms with Gasteiger partial charge >= 0.3 is 0 Å². The molecule has 0 aliphatic carbocycles. The zero-order chi connectivity index (χ0) is 22.3. The molecule has 6 nitrogen and oxygen atoms in total. The Labute approximate surface area is 185 Å². The molecule has 0 radical (unpaired) electrons. The molecule has 0 unspecified atom stereocenters. The summed E-state index contributed by atoms with van der Waals surface area (Å²) in [6.07, 6.45) is 3.70. The Hall–Kier alpha value is -3.74. The van der Waals surface area contributed by atoms with Crippen molar-refractivity contribution >= 4 is 11.8 Å². The van der Waals surface area contributed by atoms with E-state index in [0.29, 0.717) is 37.2 Å². The van der Waals surface area contributed by atoms with E-state index in [2.05, 4.69) is 4.98 Å². The highest BCUT2D eigenvalue weighted by molar-refractivity contribution is 6.07. The van der Waals surface area contributed by atoms with E-state index < -0.39 is 5.54 Å². The van der Waals surface area contributed by atoms with E-state index in [9.17, 15) is 14.0 Å². The second kappa shape index (κ2) is 7.75. The number of rotatable bonds is 5. The Kier molecular flexibility index (Phi) is 4.89. The average molecular weight is 431 g/mol. The van der Waals surface area contributed by atoms with Gasteiger partial charge in [0.05, 0.1) is 7.11 Å². The monoisotopic (exact) mass is 431 g/mol. The third kappa shape index (κ3) is 3.12. The van der Waals surface area contributed by atoms with Gasteiger partial charge in [-0.15, -0.1) is 0 Å². The minimum Gasteiger partial charge on any atom is -0.497 e. The summed E-state index contributed by atoms with van der Waals surface area (Å²) >= 11 is 0. The second-order valence-electron chi connectivity index (χ2n) is 8.12. The van der Waals surface area contributed by atoms with Crippen molar-refractivity contribution in [2.75, 3.05) is 13.7 Å². The summed E-state index contributed by atoms with van der Waals surface area (Å²) in [7, 11) is 1.60. The van der Waals surface area contributed by atoms with Gasteiger partial charge < -0.3 is 14.5 Å². The predicted octanol–water partition coefficient (Wildman–Crippen LogP) is 3.51. The van der Waals surface area contributed by atoms with Crippen LogP contribution in [0.1, 0.15) is 33.5 Å². The lowest BCUT2D eigenvalue weighted by Crippen LogP contribution is -2.49. The summed E-state index contributed by atoms with van der Waals surface area (Å²) in [6.45, 7) is 1.16. The van der Waals surface area contributed by atoms with E-state index in [0.717, 1.165) is 16.9 Å². The Morgan fingerprint density at radius 1 is 1.00 bits per heavy atom. The smallest absolute Gasteiger partial charge is 0.255 e. The molecule has 5 rings (SSSR count). The maximum absolute atomic E-state index is 13.8. The SMILES string of the molecule is COc1ccc(CN2C(=O)c3ccncc3[C@@]23CCN(Cc2ccc(F)cc2)C3=O)cc1. The van der Waals surface area contributed by atoms with Gasteiger partial charge in [-0.25, -0.2) is 4.39 Å². The van der Waals surface area contributed by atoms with Crippen molar-refractivity contribution in [3.05, 3.63) is 95.1 Å². The van der Waals surface area contributed by atoms with E-state index in [1.807, 2.05) is 24.3 Å². The van der Waals surface area contributed by atoms with E-state index >= 15 is 0 Å². The van der Waals surface area contributed by atoms with Crippen molar-refractivity contribution in [3.8, 4) is 5.75 Å². The van der Waals surface area contributed by atoms with Gasteiger partial charge in [-0.3, -0.25) is 14.6 Å². The highest BCUT2D eigenvalue weighted by Crippen LogP contribution is 2.47. The fourth-order valence-corrected chi connectivity index (χ4v) is 4.72. The summed E-state index contributed by atoms with van der Waals surface area (Å²) in [5.41, 5.74) is 1.84. The molecule has 1 atom stereocenters. The van der Waals surface area contributed by atoms with Crippen molar-refractivity contribution in [2.45, 2.75) is 25.0 Å². The third-order valence-corrected chi connectivity index (χ3v) is 6.37. The number of carbonyl (C=O) groups is 2. The molecule has 7 heteroatoms. The maximum Gasteiger partial charge on any atom is 0.255 e. The van der Waals surface area contributed by atoms with E-state index in [1.54, 1.807) is 47.5 Å². The fourth-order valence-electron chi connectivity index (χ4n) is 4.72. The van der Waals surface area contributed by atoms with Gasteiger partial charge in [0.15, 0.2) is 5.54 Å². The van der Waals surface area contributed by atoms with Crippen LogP contribution in [0.2, 0.25) is 0 Å². The number of fused-ring (bicyclic) bond motifs is 2. The lowest BCUT2D eigenvalue weighted by molar-refractivity contribution is -0.137. The first-order chi connectivity index (χ1) is 15.5. The molecular weight excluding hydrogens is 409 g/mol. The molecule has 2 aliphatic heterocycles. The van der Waals surface area contributed by atoms with Gasteiger partial charge in [0.2, 0.25) is 0 Å². The summed E-state index contributed by atoms with van der Waals surface area (Å²) in [4.78, 5) is 34.8. The van der Waals surface area contributed by atoms with Crippen LogP contribution in [0.25, 0.3) is 0 Å². The van der Waals surface area contributed by atoms with Gasteiger partial charge in [0.25, 0.3) is 11.8 Å². The van der Waals surface area contributed by atoms with Gasteiger partial charge in [-0.1, -0.05) is 24.3 Å². The van der Waals surface area contributed by atoms with Crippen LogP contribution in [0.5, 0.6) is 5.75 Å². The number of pyridine rings is 1. The summed E-state index contributed by atoms with van der Waals surface area (Å²) < 4.78 is 18.5. The highest BCUT2D eigenvalue weighted by Gasteiger charge is 2.59. The number of aromatic nitrogens is 1.